The van der Waals surface area contributed by atoms with Crippen LogP contribution in [0.15, 0.2) is 40.9 Å². The molecule has 0 spiro atoms. The van der Waals surface area contributed by atoms with E-state index < -0.39 is 17.0 Å². The molecule has 2 aromatic carbocycles. The molecule has 21 heavy (non-hydrogen) atoms. The molecule has 0 amide bonds. The van der Waals surface area contributed by atoms with Crippen LogP contribution in [0, 0.1) is 11.6 Å². The third kappa shape index (κ3) is 3.95. The van der Waals surface area contributed by atoms with Crippen molar-refractivity contribution < 1.29 is 13.5 Å². The molecule has 1 nitrogen and oxygen atoms in total. The highest BCUT2D eigenvalue weighted by molar-refractivity contribution is 9.10. The Morgan fingerprint density at radius 2 is 1.86 bits per heavy atom. The first-order valence-corrected chi connectivity index (χ1v) is 7.75. The van der Waals surface area contributed by atoms with E-state index >= 15 is 0 Å². The Morgan fingerprint density at radius 1 is 1.19 bits per heavy atom. The van der Waals surface area contributed by atoms with Gasteiger partial charge in [-0.25, -0.2) is 8.78 Å². The molecule has 0 bridgehead atoms. The van der Waals surface area contributed by atoms with Gasteiger partial charge >= 0.3 is 0 Å². The second-order valence-corrected chi connectivity index (χ2v) is 5.88. The third-order valence-electron chi connectivity index (χ3n) is 3.06. The first kappa shape index (κ1) is 16.2. The minimum atomic E-state index is -0.578. The Hall–Kier alpha value is -1.13. The van der Waals surface area contributed by atoms with Crippen molar-refractivity contribution in [1.29, 1.82) is 0 Å². The van der Waals surface area contributed by atoms with Crippen molar-refractivity contribution in [2.45, 2.75) is 18.7 Å². The monoisotopic (exact) mass is 374 g/mol. The van der Waals surface area contributed by atoms with Crippen molar-refractivity contribution in [3.05, 3.63) is 63.6 Å². The maximum atomic E-state index is 13.6. The second kappa shape index (κ2) is 7.23. The molecule has 0 aliphatic carbocycles. The van der Waals surface area contributed by atoms with Gasteiger partial charge < -0.3 is 4.74 Å². The Bertz CT molecular complexity index is 613. The van der Waals surface area contributed by atoms with Crippen LogP contribution in [0.2, 0.25) is 0 Å². The van der Waals surface area contributed by atoms with Crippen LogP contribution in [0.1, 0.15) is 23.4 Å². The topological polar surface area (TPSA) is 9.23 Å². The summed E-state index contributed by atoms with van der Waals surface area (Å²) in [5.74, 6) is -0.446. The number of rotatable bonds is 5. The van der Waals surface area contributed by atoms with E-state index in [9.17, 15) is 8.78 Å². The molecule has 1 unspecified atom stereocenters. The molecule has 0 heterocycles. The maximum Gasteiger partial charge on any atom is 0.133 e. The van der Waals surface area contributed by atoms with Crippen LogP contribution in [0.5, 0.6) is 5.75 Å². The van der Waals surface area contributed by atoms with E-state index in [4.69, 9.17) is 16.3 Å². The van der Waals surface area contributed by atoms with E-state index in [-0.39, 0.29) is 12.0 Å². The van der Waals surface area contributed by atoms with E-state index in [0.717, 1.165) is 10.0 Å². The summed E-state index contributed by atoms with van der Waals surface area (Å²) in [4.78, 5) is 0. The molecule has 1 atom stereocenters. The minimum Gasteiger partial charge on any atom is -0.493 e. The van der Waals surface area contributed by atoms with Gasteiger partial charge in [0.1, 0.15) is 17.4 Å². The van der Waals surface area contributed by atoms with Gasteiger partial charge in [-0.1, -0.05) is 12.1 Å². The van der Waals surface area contributed by atoms with Crippen molar-refractivity contribution in [3.63, 3.8) is 0 Å². The van der Waals surface area contributed by atoms with Gasteiger partial charge in [-0.15, -0.1) is 11.6 Å². The summed E-state index contributed by atoms with van der Waals surface area (Å²) in [6.45, 7) is 2.45. The van der Waals surface area contributed by atoms with E-state index in [1.54, 1.807) is 18.2 Å². The Labute approximate surface area is 136 Å². The van der Waals surface area contributed by atoms with Gasteiger partial charge in [-0.3, -0.25) is 0 Å². The number of benzene rings is 2. The lowest BCUT2D eigenvalue weighted by Gasteiger charge is -2.13. The highest BCUT2D eigenvalue weighted by Gasteiger charge is 2.16. The van der Waals surface area contributed by atoms with Crippen molar-refractivity contribution in [2.24, 2.45) is 0 Å². The summed E-state index contributed by atoms with van der Waals surface area (Å²) in [7, 11) is 0. The van der Waals surface area contributed by atoms with Crippen molar-refractivity contribution >= 4 is 27.5 Å². The molecular weight excluding hydrogens is 362 g/mol. The third-order valence-corrected chi connectivity index (χ3v) is 4.09. The van der Waals surface area contributed by atoms with E-state index in [1.165, 1.54) is 18.2 Å². The molecule has 0 aromatic heterocycles. The van der Waals surface area contributed by atoms with Crippen molar-refractivity contribution in [2.75, 3.05) is 6.61 Å². The average molecular weight is 376 g/mol. The van der Waals surface area contributed by atoms with Crippen LogP contribution < -0.4 is 4.74 Å². The Morgan fingerprint density at radius 3 is 2.43 bits per heavy atom. The van der Waals surface area contributed by atoms with Gasteiger partial charge in [-0.05, 0) is 59.1 Å². The van der Waals surface area contributed by atoms with Crippen LogP contribution in [-0.2, 0) is 6.42 Å². The fourth-order valence-electron chi connectivity index (χ4n) is 2.01. The lowest BCUT2D eigenvalue weighted by atomic mass is 10.0. The number of hydrogen-bond acceptors (Lipinski definition) is 1. The summed E-state index contributed by atoms with van der Waals surface area (Å²) < 4.78 is 33.5. The summed E-state index contributed by atoms with van der Waals surface area (Å²) in [5, 5.41) is -0.525. The summed E-state index contributed by atoms with van der Waals surface area (Å²) in [6.07, 6.45) is 0.0838. The Balaban J connectivity index is 2.20. The molecule has 0 saturated carbocycles. The van der Waals surface area contributed by atoms with Gasteiger partial charge in [0, 0.05) is 5.56 Å². The second-order valence-electron chi connectivity index (χ2n) is 4.49. The lowest BCUT2D eigenvalue weighted by Crippen LogP contribution is -2.02. The van der Waals surface area contributed by atoms with Crippen LogP contribution >= 0.6 is 27.5 Å². The molecule has 2 aromatic rings. The van der Waals surface area contributed by atoms with E-state index in [0.29, 0.717) is 12.4 Å². The van der Waals surface area contributed by atoms with E-state index in [1.807, 2.05) is 6.92 Å². The molecule has 0 aliphatic rings. The number of halogens is 4. The van der Waals surface area contributed by atoms with Crippen LogP contribution in [0.4, 0.5) is 8.78 Å². The van der Waals surface area contributed by atoms with Crippen molar-refractivity contribution in [1.82, 2.24) is 0 Å². The van der Waals surface area contributed by atoms with Gasteiger partial charge in [-0.2, -0.15) is 0 Å². The molecule has 0 fully saturated rings. The van der Waals surface area contributed by atoms with Crippen LogP contribution in [0.25, 0.3) is 0 Å². The van der Waals surface area contributed by atoms with Gasteiger partial charge in [0.25, 0.3) is 0 Å². The molecule has 112 valence electrons. The molecular formula is C16H14BrClF2O. The standard InChI is InChI=1S/C16H14BrClF2O/c1-2-21-16-7-6-10(8-12(16)17)13(18)9-11-14(19)4-3-5-15(11)20/h3-8,13H,2,9H2,1H3. The number of alkyl halides is 1. The predicted molar refractivity (Wildman–Crippen MR) is 84.0 cm³/mol. The quantitative estimate of drug-likeness (QED) is 0.614. The fourth-order valence-corrected chi connectivity index (χ4v) is 2.81. The molecule has 0 radical (unpaired) electrons. The summed E-state index contributed by atoms with van der Waals surface area (Å²) in [6, 6.07) is 9.20. The zero-order valence-corrected chi connectivity index (χ0v) is 13.7. The summed E-state index contributed by atoms with van der Waals surface area (Å²) >= 11 is 9.69. The normalized spacial score (nSPS) is 12.2. The highest BCUT2D eigenvalue weighted by atomic mass is 79.9. The van der Waals surface area contributed by atoms with Crippen LogP contribution in [0.3, 0.4) is 0 Å². The Kier molecular flexibility index (Phi) is 5.59. The first-order chi connectivity index (χ1) is 10.0. The minimum absolute atomic E-state index is 0.00232. The molecule has 5 heteroatoms. The van der Waals surface area contributed by atoms with Gasteiger partial charge in [0.05, 0.1) is 16.5 Å². The fraction of sp³-hybridized carbons (Fsp3) is 0.250. The zero-order valence-electron chi connectivity index (χ0n) is 11.4. The predicted octanol–water partition coefficient (Wildman–Crippen LogP) is 5.65. The maximum absolute atomic E-state index is 13.6. The molecule has 2 rings (SSSR count). The number of ether oxygens (including phenoxy) is 1. The molecule has 0 saturated heterocycles. The van der Waals surface area contributed by atoms with Crippen LogP contribution in [-0.4, -0.2) is 6.61 Å². The molecule has 0 N–H and O–H groups in total. The zero-order chi connectivity index (χ0) is 15.4. The molecule has 0 aliphatic heterocycles. The SMILES string of the molecule is CCOc1ccc(C(Cl)Cc2c(F)cccc2F)cc1Br. The van der Waals surface area contributed by atoms with Gasteiger partial charge in [0.15, 0.2) is 0 Å². The smallest absolute Gasteiger partial charge is 0.133 e. The van der Waals surface area contributed by atoms with E-state index in [2.05, 4.69) is 15.9 Å². The highest BCUT2D eigenvalue weighted by Crippen LogP contribution is 2.33. The summed E-state index contributed by atoms with van der Waals surface area (Å²) in [5.41, 5.74) is 0.775. The first-order valence-electron chi connectivity index (χ1n) is 6.52. The number of hydrogen-bond donors (Lipinski definition) is 0. The van der Waals surface area contributed by atoms with Gasteiger partial charge in [0.2, 0.25) is 0 Å². The largest absolute Gasteiger partial charge is 0.493 e. The van der Waals surface area contributed by atoms with Crippen molar-refractivity contribution in [3.8, 4) is 5.75 Å². The average Bonchev–Trinajstić information content (AvgIpc) is 2.45. The lowest BCUT2D eigenvalue weighted by molar-refractivity contribution is 0.338.